The number of carbonyl (C=O) groups is 1. The van der Waals surface area contributed by atoms with E-state index in [4.69, 9.17) is 9.47 Å². The van der Waals surface area contributed by atoms with Crippen molar-refractivity contribution in [3.63, 3.8) is 0 Å². The first kappa shape index (κ1) is 25.5. The summed E-state index contributed by atoms with van der Waals surface area (Å²) in [6.07, 6.45) is 4.77. The van der Waals surface area contributed by atoms with E-state index in [1.807, 2.05) is 61.5 Å². The Morgan fingerprint density at radius 2 is 1.92 bits per heavy atom. The minimum absolute atomic E-state index is 0.0458. The number of likely N-dealkylation sites (tertiary alicyclic amines) is 1. The van der Waals surface area contributed by atoms with Gasteiger partial charge < -0.3 is 14.4 Å². The molecule has 1 saturated carbocycles. The van der Waals surface area contributed by atoms with Crippen molar-refractivity contribution in [1.82, 2.24) is 9.80 Å². The van der Waals surface area contributed by atoms with Gasteiger partial charge in [0.1, 0.15) is 5.75 Å². The lowest BCUT2D eigenvalue weighted by molar-refractivity contribution is -0.0772. The van der Waals surface area contributed by atoms with Crippen molar-refractivity contribution < 1.29 is 14.3 Å². The highest BCUT2D eigenvalue weighted by Gasteiger charge is 2.53. The number of nitrogens with zero attached hydrogens (tertiary/aromatic N) is 2. The summed E-state index contributed by atoms with van der Waals surface area (Å²) in [5.74, 6) is 1.25. The molecule has 5 nitrogen and oxygen atoms in total. The second-order valence-electron chi connectivity index (χ2n) is 10.6. The van der Waals surface area contributed by atoms with E-state index in [2.05, 4.69) is 41.8 Å². The van der Waals surface area contributed by atoms with Crippen molar-refractivity contribution in [2.75, 3.05) is 40.9 Å². The van der Waals surface area contributed by atoms with Gasteiger partial charge in [-0.15, -0.1) is 6.58 Å². The zero-order valence-corrected chi connectivity index (χ0v) is 22.2. The number of carbonyl (C=O) groups excluding carboxylic acids is 1. The molecule has 194 valence electrons. The zero-order chi connectivity index (χ0) is 26.0. The van der Waals surface area contributed by atoms with Crippen LogP contribution in [0.2, 0.25) is 0 Å². The molecule has 5 heteroatoms. The van der Waals surface area contributed by atoms with E-state index in [0.29, 0.717) is 5.92 Å². The van der Waals surface area contributed by atoms with Crippen LogP contribution in [0, 0.1) is 5.92 Å². The molecule has 1 amide bonds. The maximum Gasteiger partial charge on any atom is 0.253 e. The molecule has 0 bridgehead atoms. The van der Waals surface area contributed by atoms with E-state index in [1.165, 1.54) is 5.56 Å². The van der Waals surface area contributed by atoms with Gasteiger partial charge in [-0.2, -0.15) is 0 Å². The van der Waals surface area contributed by atoms with Crippen LogP contribution in [-0.2, 0) is 10.2 Å². The Morgan fingerprint density at radius 3 is 2.68 bits per heavy atom. The minimum atomic E-state index is -0.103. The summed E-state index contributed by atoms with van der Waals surface area (Å²) < 4.78 is 11.8. The van der Waals surface area contributed by atoms with Crippen LogP contribution < -0.4 is 4.74 Å². The standard InChI is InChI=1S/C32H38N2O3/c1-5-16-34-17-15-32(26-11-8-12-28(19-26)36-3)21-27(20-30(37-4)29(32)22-34)33(2)31(35)25-14-13-23-9-6-7-10-24(23)18-25/h5-14,18-19,27,29-30H,1,15-17,20-22H2,2-4H3/t27-,29-,30?,32-/m0/s1. The second kappa shape index (κ2) is 10.7. The van der Waals surface area contributed by atoms with Crippen molar-refractivity contribution in [3.05, 3.63) is 90.5 Å². The zero-order valence-electron chi connectivity index (χ0n) is 22.2. The molecule has 0 spiro atoms. The molecule has 0 radical (unpaired) electrons. The van der Waals surface area contributed by atoms with Gasteiger partial charge in [0.2, 0.25) is 0 Å². The first-order valence-electron chi connectivity index (χ1n) is 13.3. The summed E-state index contributed by atoms with van der Waals surface area (Å²) in [5, 5.41) is 2.23. The van der Waals surface area contributed by atoms with Gasteiger partial charge in [-0.3, -0.25) is 9.69 Å². The van der Waals surface area contributed by atoms with Crippen molar-refractivity contribution in [1.29, 1.82) is 0 Å². The Labute approximate surface area is 220 Å². The Hall–Kier alpha value is -3.15. The summed E-state index contributed by atoms with van der Waals surface area (Å²) in [7, 11) is 5.50. The Balaban J connectivity index is 1.50. The summed E-state index contributed by atoms with van der Waals surface area (Å²) in [6.45, 7) is 6.79. The topological polar surface area (TPSA) is 42.0 Å². The van der Waals surface area contributed by atoms with Gasteiger partial charge in [0.25, 0.3) is 5.91 Å². The van der Waals surface area contributed by atoms with Gasteiger partial charge in [0.05, 0.1) is 13.2 Å². The quantitative estimate of drug-likeness (QED) is 0.401. The number of ether oxygens (including phenoxy) is 2. The number of methoxy groups -OCH3 is 2. The van der Waals surface area contributed by atoms with Crippen molar-refractivity contribution in [3.8, 4) is 5.75 Å². The number of amides is 1. The fourth-order valence-electron chi connectivity index (χ4n) is 6.76. The number of rotatable bonds is 7. The Morgan fingerprint density at radius 1 is 1.11 bits per heavy atom. The number of hydrogen-bond donors (Lipinski definition) is 0. The van der Waals surface area contributed by atoms with Gasteiger partial charge in [0.15, 0.2) is 0 Å². The SMILES string of the molecule is C=CCN1CC[C@@]2(c3cccc(OC)c3)C[C@@H](N(C)C(=O)c3ccc4ccccc4c3)CC(OC)[C@@H]2C1. The predicted octanol–water partition coefficient (Wildman–Crippen LogP) is 5.54. The third kappa shape index (κ3) is 4.78. The maximum atomic E-state index is 13.8. The van der Waals surface area contributed by atoms with E-state index < -0.39 is 0 Å². The van der Waals surface area contributed by atoms with E-state index in [1.54, 1.807) is 7.11 Å². The number of hydrogen-bond acceptors (Lipinski definition) is 4. The van der Waals surface area contributed by atoms with E-state index in [-0.39, 0.29) is 23.5 Å². The average Bonchev–Trinajstić information content (AvgIpc) is 2.95. The van der Waals surface area contributed by atoms with Gasteiger partial charge in [0, 0.05) is 50.2 Å². The molecular weight excluding hydrogens is 460 g/mol. The summed E-state index contributed by atoms with van der Waals surface area (Å²) >= 11 is 0. The molecular formula is C32H38N2O3. The molecule has 1 aliphatic heterocycles. The normalized spacial score (nSPS) is 25.9. The fourth-order valence-corrected chi connectivity index (χ4v) is 6.76. The van der Waals surface area contributed by atoms with Crippen LogP contribution in [-0.4, -0.2) is 68.8 Å². The largest absolute Gasteiger partial charge is 0.497 e. The smallest absolute Gasteiger partial charge is 0.253 e. The first-order valence-corrected chi connectivity index (χ1v) is 13.3. The summed E-state index contributed by atoms with van der Waals surface area (Å²) in [6, 6.07) is 22.8. The molecule has 2 fully saturated rings. The van der Waals surface area contributed by atoms with E-state index in [9.17, 15) is 4.79 Å². The van der Waals surface area contributed by atoms with Gasteiger partial charge in [-0.1, -0.05) is 48.5 Å². The first-order chi connectivity index (χ1) is 18.0. The van der Waals surface area contributed by atoms with E-state index >= 15 is 0 Å². The predicted molar refractivity (Wildman–Crippen MR) is 149 cm³/mol. The Kier molecular flexibility index (Phi) is 7.36. The highest BCUT2D eigenvalue weighted by molar-refractivity contribution is 5.98. The molecule has 0 aromatic heterocycles. The maximum absolute atomic E-state index is 13.8. The Bertz CT molecular complexity index is 1270. The molecule has 2 aliphatic rings. The third-order valence-electron chi connectivity index (χ3n) is 8.79. The van der Waals surface area contributed by atoms with E-state index in [0.717, 1.165) is 61.0 Å². The van der Waals surface area contributed by atoms with Crippen LogP contribution in [0.15, 0.2) is 79.4 Å². The average molecular weight is 499 g/mol. The molecule has 37 heavy (non-hydrogen) atoms. The molecule has 0 N–H and O–H groups in total. The number of fused-ring (bicyclic) bond motifs is 2. The summed E-state index contributed by atoms with van der Waals surface area (Å²) in [5.41, 5.74) is 1.91. The van der Waals surface area contributed by atoms with Gasteiger partial charge >= 0.3 is 0 Å². The van der Waals surface area contributed by atoms with Crippen LogP contribution in [0.5, 0.6) is 5.75 Å². The molecule has 1 saturated heterocycles. The molecule has 5 rings (SSSR count). The highest BCUT2D eigenvalue weighted by Crippen LogP contribution is 2.51. The lowest BCUT2D eigenvalue weighted by Crippen LogP contribution is -2.61. The summed E-state index contributed by atoms with van der Waals surface area (Å²) in [4.78, 5) is 18.2. The monoisotopic (exact) mass is 498 g/mol. The molecule has 3 aromatic rings. The molecule has 1 aliphatic carbocycles. The van der Waals surface area contributed by atoms with Crippen LogP contribution in [0.1, 0.15) is 35.2 Å². The van der Waals surface area contributed by atoms with Crippen LogP contribution in [0.3, 0.4) is 0 Å². The van der Waals surface area contributed by atoms with Crippen molar-refractivity contribution >= 4 is 16.7 Å². The van der Waals surface area contributed by atoms with Crippen LogP contribution >= 0.6 is 0 Å². The number of piperidine rings is 1. The lowest BCUT2D eigenvalue weighted by atomic mass is 9.56. The van der Waals surface area contributed by atoms with Crippen LogP contribution in [0.4, 0.5) is 0 Å². The second-order valence-corrected chi connectivity index (χ2v) is 10.6. The van der Waals surface area contributed by atoms with Crippen molar-refractivity contribution in [2.45, 2.75) is 36.8 Å². The van der Waals surface area contributed by atoms with Gasteiger partial charge in [-0.05, 0) is 66.4 Å². The lowest BCUT2D eigenvalue weighted by Gasteiger charge is -2.56. The molecule has 3 aromatic carbocycles. The van der Waals surface area contributed by atoms with Gasteiger partial charge in [-0.25, -0.2) is 0 Å². The molecule has 1 unspecified atom stereocenters. The molecule has 1 heterocycles. The molecule has 4 atom stereocenters. The highest BCUT2D eigenvalue weighted by atomic mass is 16.5. The fraction of sp³-hybridized carbons (Fsp3) is 0.406. The number of benzene rings is 3. The minimum Gasteiger partial charge on any atom is -0.497 e. The third-order valence-corrected chi connectivity index (χ3v) is 8.79. The van der Waals surface area contributed by atoms with Crippen molar-refractivity contribution in [2.24, 2.45) is 5.92 Å². The van der Waals surface area contributed by atoms with Crippen LogP contribution in [0.25, 0.3) is 10.8 Å².